The highest BCUT2D eigenvalue weighted by Gasteiger charge is 2.10. The fraction of sp³-hybridized carbons (Fsp3) is 0.538. The van der Waals surface area contributed by atoms with E-state index < -0.39 is 11.6 Å². The fourth-order valence-corrected chi connectivity index (χ4v) is 1.81. The SMILES string of the molecule is CCNC(CC)CCc1cccc(F)c1F. The highest BCUT2D eigenvalue weighted by atomic mass is 19.2. The normalized spacial score (nSPS) is 12.8. The van der Waals surface area contributed by atoms with E-state index in [0.717, 1.165) is 25.5 Å². The predicted molar refractivity (Wildman–Crippen MR) is 62.4 cm³/mol. The van der Waals surface area contributed by atoms with Crippen molar-refractivity contribution < 1.29 is 8.78 Å². The number of nitrogens with one attached hydrogen (secondary N) is 1. The maximum atomic E-state index is 13.3. The van der Waals surface area contributed by atoms with Crippen molar-refractivity contribution >= 4 is 0 Å². The van der Waals surface area contributed by atoms with Gasteiger partial charge in [-0.25, -0.2) is 8.78 Å². The molecule has 1 N–H and O–H groups in total. The lowest BCUT2D eigenvalue weighted by Crippen LogP contribution is -2.28. The van der Waals surface area contributed by atoms with Crippen LogP contribution in [-0.4, -0.2) is 12.6 Å². The standard InChI is InChI=1S/C13H19F2N/c1-3-11(16-4-2)9-8-10-6-5-7-12(14)13(10)15/h5-7,11,16H,3-4,8-9H2,1-2H3. The third kappa shape index (κ3) is 3.56. The lowest BCUT2D eigenvalue weighted by atomic mass is 10.0. The molecule has 0 aromatic heterocycles. The molecule has 1 rings (SSSR count). The Hall–Kier alpha value is -0.960. The average Bonchev–Trinajstić information content (AvgIpc) is 2.29. The quantitative estimate of drug-likeness (QED) is 0.786. The van der Waals surface area contributed by atoms with Crippen LogP contribution in [0.3, 0.4) is 0 Å². The van der Waals surface area contributed by atoms with Crippen LogP contribution in [0.25, 0.3) is 0 Å². The molecule has 16 heavy (non-hydrogen) atoms. The number of aryl methyl sites for hydroxylation is 1. The monoisotopic (exact) mass is 227 g/mol. The van der Waals surface area contributed by atoms with Gasteiger partial charge in [0, 0.05) is 6.04 Å². The summed E-state index contributed by atoms with van der Waals surface area (Å²) in [6, 6.07) is 4.74. The van der Waals surface area contributed by atoms with Crippen molar-refractivity contribution in [2.45, 2.75) is 39.2 Å². The number of hydrogen-bond donors (Lipinski definition) is 1. The molecule has 0 spiro atoms. The van der Waals surface area contributed by atoms with E-state index in [2.05, 4.69) is 12.2 Å². The van der Waals surface area contributed by atoms with Gasteiger partial charge in [-0.05, 0) is 37.4 Å². The molecule has 1 atom stereocenters. The first-order valence-corrected chi connectivity index (χ1v) is 5.85. The van der Waals surface area contributed by atoms with Gasteiger partial charge < -0.3 is 5.32 Å². The van der Waals surface area contributed by atoms with Crippen molar-refractivity contribution in [2.24, 2.45) is 0 Å². The molecule has 0 aliphatic rings. The molecule has 0 fully saturated rings. The molecule has 90 valence electrons. The summed E-state index contributed by atoms with van der Waals surface area (Å²) in [5, 5.41) is 3.32. The molecule has 0 bridgehead atoms. The van der Waals surface area contributed by atoms with Crippen LogP contribution in [0.15, 0.2) is 18.2 Å². The highest BCUT2D eigenvalue weighted by molar-refractivity contribution is 5.19. The van der Waals surface area contributed by atoms with E-state index in [1.807, 2.05) is 6.92 Å². The molecule has 0 aliphatic heterocycles. The second-order valence-electron chi connectivity index (χ2n) is 3.91. The van der Waals surface area contributed by atoms with Crippen molar-refractivity contribution in [3.8, 4) is 0 Å². The van der Waals surface area contributed by atoms with Crippen LogP contribution in [0.4, 0.5) is 8.78 Å². The summed E-state index contributed by atoms with van der Waals surface area (Å²) in [6.07, 6.45) is 2.42. The van der Waals surface area contributed by atoms with Gasteiger partial charge >= 0.3 is 0 Å². The number of rotatable bonds is 6. The summed E-state index contributed by atoms with van der Waals surface area (Å²) in [6.45, 7) is 5.05. The van der Waals surface area contributed by atoms with E-state index in [9.17, 15) is 8.78 Å². The molecule has 1 unspecified atom stereocenters. The van der Waals surface area contributed by atoms with Crippen molar-refractivity contribution in [2.75, 3.05) is 6.54 Å². The average molecular weight is 227 g/mol. The van der Waals surface area contributed by atoms with Gasteiger partial charge in [0.05, 0.1) is 0 Å². The van der Waals surface area contributed by atoms with Gasteiger partial charge in [0.15, 0.2) is 11.6 Å². The van der Waals surface area contributed by atoms with Gasteiger partial charge in [-0.2, -0.15) is 0 Å². The van der Waals surface area contributed by atoms with E-state index in [1.165, 1.54) is 0 Å². The molecule has 0 aliphatic carbocycles. The fourth-order valence-electron chi connectivity index (χ4n) is 1.81. The summed E-state index contributed by atoms with van der Waals surface area (Å²) in [5.74, 6) is -1.46. The third-order valence-corrected chi connectivity index (χ3v) is 2.78. The lowest BCUT2D eigenvalue weighted by molar-refractivity contribution is 0.464. The smallest absolute Gasteiger partial charge is 0.162 e. The van der Waals surface area contributed by atoms with Crippen LogP contribution in [0.5, 0.6) is 0 Å². The van der Waals surface area contributed by atoms with Gasteiger partial charge in [-0.3, -0.25) is 0 Å². The van der Waals surface area contributed by atoms with Crippen molar-refractivity contribution in [1.82, 2.24) is 5.32 Å². The highest BCUT2D eigenvalue weighted by Crippen LogP contribution is 2.14. The molecular weight excluding hydrogens is 208 g/mol. The first kappa shape index (κ1) is 13.1. The summed E-state index contributed by atoms with van der Waals surface area (Å²) in [5.41, 5.74) is 0.469. The van der Waals surface area contributed by atoms with Gasteiger partial charge in [0.25, 0.3) is 0 Å². The van der Waals surface area contributed by atoms with Crippen molar-refractivity contribution in [1.29, 1.82) is 0 Å². The molecule has 1 aromatic rings. The van der Waals surface area contributed by atoms with E-state index >= 15 is 0 Å². The summed E-state index contributed by atoms with van der Waals surface area (Å²) in [4.78, 5) is 0. The van der Waals surface area contributed by atoms with Gasteiger partial charge in [0.2, 0.25) is 0 Å². The Morgan fingerprint density at radius 3 is 2.62 bits per heavy atom. The predicted octanol–water partition coefficient (Wildman–Crippen LogP) is 3.29. The largest absolute Gasteiger partial charge is 0.314 e. The molecular formula is C13H19F2N. The number of halogens is 2. The van der Waals surface area contributed by atoms with Crippen LogP contribution in [0.1, 0.15) is 32.3 Å². The minimum atomic E-state index is -0.756. The maximum absolute atomic E-state index is 13.3. The third-order valence-electron chi connectivity index (χ3n) is 2.78. The van der Waals surface area contributed by atoms with Crippen molar-refractivity contribution in [3.05, 3.63) is 35.4 Å². The molecule has 0 amide bonds. The Labute approximate surface area is 95.9 Å². The molecule has 0 saturated carbocycles. The Morgan fingerprint density at radius 2 is 2.00 bits per heavy atom. The zero-order chi connectivity index (χ0) is 12.0. The summed E-state index contributed by atoms with van der Waals surface area (Å²) in [7, 11) is 0. The van der Waals surface area contributed by atoms with Crippen LogP contribution in [0, 0.1) is 11.6 Å². The molecule has 0 heterocycles. The van der Waals surface area contributed by atoms with Gasteiger partial charge in [-0.15, -0.1) is 0 Å². The summed E-state index contributed by atoms with van der Waals surface area (Å²) >= 11 is 0. The van der Waals surface area contributed by atoms with E-state index in [4.69, 9.17) is 0 Å². The molecule has 0 saturated heterocycles. The maximum Gasteiger partial charge on any atom is 0.162 e. The lowest BCUT2D eigenvalue weighted by Gasteiger charge is -2.15. The van der Waals surface area contributed by atoms with Crippen molar-refractivity contribution in [3.63, 3.8) is 0 Å². The second-order valence-corrected chi connectivity index (χ2v) is 3.91. The van der Waals surface area contributed by atoms with Gasteiger partial charge in [0.1, 0.15) is 0 Å². The minimum Gasteiger partial charge on any atom is -0.314 e. The molecule has 1 nitrogen and oxygen atoms in total. The summed E-state index contributed by atoms with van der Waals surface area (Å²) < 4.78 is 26.3. The first-order valence-electron chi connectivity index (χ1n) is 5.85. The van der Waals surface area contributed by atoms with Crippen LogP contribution < -0.4 is 5.32 Å². The molecule has 3 heteroatoms. The Morgan fingerprint density at radius 1 is 1.25 bits per heavy atom. The van der Waals surface area contributed by atoms with Crippen LogP contribution in [-0.2, 0) is 6.42 Å². The van der Waals surface area contributed by atoms with E-state index in [-0.39, 0.29) is 0 Å². The second kappa shape index (κ2) is 6.59. The minimum absolute atomic E-state index is 0.382. The van der Waals surface area contributed by atoms with E-state index in [0.29, 0.717) is 18.0 Å². The topological polar surface area (TPSA) is 12.0 Å². The Balaban J connectivity index is 2.56. The van der Waals surface area contributed by atoms with Crippen LogP contribution >= 0.6 is 0 Å². The molecule has 0 radical (unpaired) electrons. The van der Waals surface area contributed by atoms with E-state index in [1.54, 1.807) is 12.1 Å². The molecule has 1 aromatic carbocycles. The Kier molecular flexibility index (Phi) is 5.39. The van der Waals surface area contributed by atoms with Crippen LogP contribution in [0.2, 0.25) is 0 Å². The number of hydrogen-bond acceptors (Lipinski definition) is 1. The zero-order valence-electron chi connectivity index (χ0n) is 9.89. The first-order chi connectivity index (χ1) is 7.69. The Bertz CT molecular complexity index is 326. The zero-order valence-corrected chi connectivity index (χ0v) is 9.89. The van der Waals surface area contributed by atoms with Gasteiger partial charge in [-0.1, -0.05) is 26.0 Å². The number of benzene rings is 1.